The normalized spacial score (nSPS) is 12.0. The maximum atomic E-state index is 12.4. The van der Waals surface area contributed by atoms with Crippen LogP contribution in [0.2, 0.25) is 0 Å². The first-order valence-corrected chi connectivity index (χ1v) is 9.88. The third-order valence-electron chi connectivity index (χ3n) is 4.72. The Morgan fingerprint density at radius 2 is 1.70 bits per heavy atom. The van der Waals surface area contributed by atoms with Gasteiger partial charge in [-0.1, -0.05) is 56.3 Å². The largest absolute Gasteiger partial charge is 0.451 e. The summed E-state index contributed by atoms with van der Waals surface area (Å²) in [7, 11) is 0. The second-order valence-electron chi connectivity index (χ2n) is 7.65. The van der Waals surface area contributed by atoms with Gasteiger partial charge in [0.25, 0.3) is 11.5 Å². The van der Waals surface area contributed by atoms with E-state index < -0.39 is 24.0 Å². The lowest BCUT2D eigenvalue weighted by atomic mass is 10.00. The monoisotopic (exact) mass is 407 g/mol. The molecule has 0 aliphatic heterocycles. The number of carbonyl (C=O) groups is 2. The first-order valence-electron chi connectivity index (χ1n) is 9.88. The molecule has 30 heavy (non-hydrogen) atoms. The van der Waals surface area contributed by atoms with Crippen LogP contribution in [0.5, 0.6) is 0 Å². The Kier molecular flexibility index (Phi) is 6.61. The highest BCUT2D eigenvalue weighted by atomic mass is 16.5. The van der Waals surface area contributed by atoms with Crippen molar-refractivity contribution in [3.05, 3.63) is 75.7 Å². The summed E-state index contributed by atoms with van der Waals surface area (Å²) < 4.78 is 5.10. The number of nitrogens with zero attached hydrogens (tertiary/aromatic N) is 1. The van der Waals surface area contributed by atoms with Gasteiger partial charge in [0.2, 0.25) is 0 Å². The van der Waals surface area contributed by atoms with E-state index in [-0.39, 0.29) is 11.7 Å². The van der Waals surface area contributed by atoms with E-state index >= 15 is 0 Å². The maximum absolute atomic E-state index is 12.4. The van der Waals surface area contributed by atoms with Crippen LogP contribution >= 0.6 is 0 Å². The number of hydrogen-bond donors (Lipinski definition) is 2. The first-order chi connectivity index (χ1) is 14.3. The Hall–Kier alpha value is -3.48. The Balaban J connectivity index is 1.59. The van der Waals surface area contributed by atoms with Gasteiger partial charge in [0.1, 0.15) is 0 Å². The second-order valence-corrected chi connectivity index (χ2v) is 7.65. The minimum absolute atomic E-state index is 0.0354. The minimum Gasteiger partial charge on any atom is -0.451 e. The smallest absolute Gasteiger partial charge is 0.359 e. The van der Waals surface area contributed by atoms with Gasteiger partial charge in [0.15, 0.2) is 12.3 Å². The van der Waals surface area contributed by atoms with E-state index in [1.807, 2.05) is 19.1 Å². The number of ether oxygens (including phenoxy) is 1. The molecule has 0 fully saturated rings. The van der Waals surface area contributed by atoms with E-state index in [4.69, 9.17) is 4.74 Å². The van der Waals surface area contributed by atoms with Gasteiger partial charge >= 0.3 is 5.97 Å². The van der Waals surface area contributed by atoms with Crippen LogP contribution in [0.1, 0.15) is 48.4 Å². The third-order valence-corrected chi connectivity index (χ3v) is 4.72. The number of nitrogens with one attached hydrogen (secondary N) is 2. The molecular weight excluding hydrogens is 382 g/mol. The number of rotatable bonds is 7. The van der Waals surface area contributed by atoms with E-state index in [9.17, 15) is 14.4 Å². The number of H-pyrrole nitrogens is 1. The van der Waals surface area contributed by atoms with Crippen molar-refractivity contribution in [3.8, 4) is 0 Å². The van der Waals surface area contributed by atoms with E-state index in [1.54, 1.807) is 24.3 Å². The molecule has 1 aromatic heterocycles. The lowest BCUT2D eigenvalue weighted by Crippen LogP contribution is -2.31. The number of esters is 1. The molecule has 1 heterocycles. The molecule has 0 unspecified atom stereocenters. The van der Waals surface area contributed by atoms with E-state index in [1.165, 1.54) is 5.56 Å². The molecule has 0 saturated heterocycles. The Labute approximate surface area is 174 Å². The molecule has 7 heteroatoms. The van der Waals surface area contributed by atoms with Crippen molar-refractivity contribution in [1.82, 2.24) is 15.5 Å². The van der Waals surface area contributed by atoms with Gasteiger partial charge in [-0.25, -0.2) is 9.89 Å². The van der Waals surface area contributed by atoms with E-state index in [0.717, 1.165) is 12.0 Å². The highest BCUT2D eigenvalue weighted by Gasteiger charge is 2.17. The van der Waals surface area contributed by atoms with Crippen LogP contribution in [0.25, 0.3) is 10.8 Å². The summed E-state index contributed by atoms with van der Waals surface area (Å²) in [6.45, 7) is 5.77. The molecule has 2 aromatic carbocycles. The van der Waals surface area contributed by atoms with Gasteiger partial charge in [0, 0.05) is 5.39 Å². The van der Waals surface area contributed by atoms with Gasteiger partial charge in [-0.05, 0) is 36.5 Å². The maximum Gasteiger partial charge on any atom is 0.359 e. The highest BCUT2D eigenvalue weighted by Crippen LogP contribution is 2.16. The zero-order valence-electron chi connectivity index (χ0n) is 17.3. The lowest BCUT2D eigenvalue weighted by molar-refractivity contribution is -0.124. The summed E-state index contributed by atoms with van der Waals surface area (Å²) in [6, 6.07) is 14.5. The van der Waals surface area contributed by atoms with Crippen molar-refractivity contribution in [2.24, 2.45) is 5.92 Å². The quantitative estimate of drug-likeness (QED) is 0.586. The van der Waals surface area contributed by atoms with Crippen LogP contribution in [0.4, 0.5) is 0 Å². The van der Waals surface area contributed by atoms with Crippen LogP contribution in [0.15, 0.2) is 53.3 Å². The number of amides is 1. The number of carbonyl (C=O) groups excluding carboxylic acids is 2. The number of benzene rings is 2. The Morgan fingerprint density at radius 1 is 1.03 bits per heavy atom. The second kappa shape index (κ2) is 9.35. The fraction of sp³-hybridized carbons (Fsp3) is 0.304. The van der Waals surface area contributed by atoms with Gasteiger partial charge in [0.05, 0.1) is 11.4 Å². The molecule has 7 nitrogen and oxygen atoms in total. The first kappa shape index (κ1) is 21.2. The lowest BCUT2D eigenvalue weighted by Gasteiger charge is -2.15. The molecule has 2 N–H and O–H groups in total. The number of aromatic amines is 1. The highest BCUT2D eigenvalue weighted by molar-refractivity contribution is 6.02. The van der Waals surface area contributed by atoms with Crippen LogP contribution in [-0.4, -0.2) is 28.7 Å². The van der Waals surface area contributed by atoms with Crippen molar-refractivity contribution in [1.29, 1.82) is 0 Å². The van der Waals surface area contributed by atoms with Gasteiger partial charge in [-0.3, -0.25) is 9.59 Å². The average Bonchev–Trinajstić information content (AvgIpc) is 2.72. The summed E-state index contributed by atoms with van der Waals surface area (Å²) in [5.74, 6) is -0.615. The summed E-state index contributed by atoms with van der Waals surface area (Å²) in [6.07, 6.45) is 1.00. The zero-order valence-corrected chi connectivity index (χ0v) is 17.3. The summed E-state index contributed by atoms with van der Waals surface area (Å²) in [5, 5.41) is 9.58. The van der Waals surface area contributed by atoms with Gasteiger partial charge in [-0.2, -0.15) is 5.10 Å². The fourth-order valence-corrected chi connectivity index (χ4v) is 3.25. The molecule has 3 rings (SSSR count). The van der Waals surface area contributed by atoms with Crippen LogP contribution in [0.3, 0.4) is 0 Å². The predicted molar refractivity (Wildman–Crippen MR) is 114 cm³/mol. The minimum atomic E-state index is -0.775. The standard InChI is InChI=1S/C23H25N3O4/c1-14(2)12-16-8-10-17(11-9-16)15(3)24-20(27)13-30-23(29)21-18-6-4-5-7-19(18)22(28)26-25-21/h4-11,14-15H,12-13H2,1-3H3,(H,24,27)(H,26,28)/t15-/m0/s1. The van der Waals surface area contributed by atoms with Crippen LogP contribution in [0, 0.1) is 5.92 Å². The van der Waals surface area contributed by atoms with Gasteiger partial charge < -0.3 is 10.1 Å². The predicted octanol–water partition coefficient (Wildman–Crippen LogP) is 3.16. The van der Waals surface area contributed by atoms with Crippen molar-refractivity contribution in [2.75, 3.05) is 6.61 Å². The summed E-state index contributed by atoms with van der Waals surface area (Å²) in [4.78, 5) is 36.4. The molecule has 0 radical (unpaired) electrons. The average molecular weight is 407 g/mol. The number of fused-ring (bicyclic) bond motifs is 1. The molecule has 0 bridgehead atoms. The molecule has 0 aliphatic carbocycles. The molecule has 0 aliphatic rings. The van der Waals surface area contributed by atoms with Crippen molar-refractivity contribution < 1.29 is 14.3 Å². The van der Waals surface area contributed by atoms with E-state index in [2.05, 4.69) is 41.5 Å². The Bertz CT molecular complexity index is 1100. The third kappa shape index (κ3) is 5.11. The molecular formula is C23H25N3O4. The summed E-state index contributed by atoms with van der Waals surface area (Å²) in [5.41, 5.74) is 1.79. The molecule has 0 saturated carbocycles. The topological polar surface area (TPSA) is 101 Å². The molecule has 1 atom stereocenters. The molecule has 0 spiro atoms. The van der Waals surface area contributed by atoms with Gasteiger partial charge in [-0.15, -0.1) is 0 Å². The van der Waals surface area contributed by atoms with Crippen molar-refractivity contribution in [2.45, 2.75) is 33.2 Å². The SMILES string of the molecule is CC(C)Cc1ccc([C@H](C)NC(=O)COC(=O)c2n[nH]c(=O)c3ccccc23)cc1. The Morgan fingerprint density at radius 3 is 2.37 bits per heavy atom. The molecule has 156 valence electrons. The number of aromatic nitrogens is 2. The van der Waals surface area contributed by atoms with Crippen LogP contribution < -0.4 is 10.9 Å². The summed E-state index contributed by atoms with van der Waals surface area (Å²) >= 11 is 0. The van der Waals surface area contributed by atoms with Crippen LogP contribution in [-0.2, 0) is 16.0 Å². The zero-order chi connectivity index (χ0) is 21.7. The number of hydrogen-bond acceptors (Lipinski definition) is 5. The van der Waals surface area contributed by atoms with Crippen molar-refractivity contribution in [3.63, 3.8) is 0 Å². The van der Waals surface area contributed by atoms with Crippen molar-refractivity contribution >= 4 is 22.6 Å². The molecule has 1 amide bonds. The fourth-order valence-electron chi connectivity index (χ4n) is 3.25. The van der Waals surface area contributed by atoms with E-state index in [0.29, 0.717) is 16.7 Å². The molecule has 3 aromatic rings.